The third-order valence-corrected chi connectivity index (χ3v) is 6.55. The Morgan fingerprint density at radius 1 is 0.650 bits per heavy atom. The molecule has 2 fully saturated rings. The smallest absolute Gasteiger partial charge is 0.0743 e. The van der Waals surface area contributed by atoms with Gasteiger partial charge in [-0.2, -0.15) is 0 Å². The summed E-state index contributed by atoms with van der Waals surface area (Å²) in [5, 5.41) is 0.742. The predicted octanol–water partition coefficient (Wildman–Crippen LogP) is 6.61. The van der Waals surface area contributed by atoms with Crippen LogP contribution in [0.4, 0.5) is 0 Å². The van der Waals surface area contributed by atoms with Gasteiger partial charge in [0.15, 0.2) is 0 Å². The Labute approximate surface area is 129 Å². The molecule has 0 spiro atoms. The highest BCUT2D eigenvalue weighted by atomic mass is 14.2. The molecule has 2 heterocycles. The van der Waals surface area contributed by atoms with Crippen molar-refractivity contribution in [3.63, 3.8) is 0 Å². The molecule has 0 bridgehead atoms. The van der Waals surface area contributed by atoms with E-state index in [0.717, 1.165) is 18.6 Å². The van der Waals surface area contributed by atoms with Gasteiger partial charge in [0.2, 0.25) is 0 Å². The molecule has 2 rings (SSSR count). The molecule has 0 unspecified atom stereocenters. The van der Waals surface area contributed by atoms with Crippen molar-refractivity contribution in [1.29, 1.82) is 0 Å². The number of hydrogen-bond acceptors (Lipinski definition) is 0. The van der Waals surface area contributed by atoms with E-state index in [0.29, 0.717) is 0 Å². The topological polar surface area (TPSA) is 0 Å². The first kappa shape index (κ1) is 16.5. The predicted molar refractivity (Wildman–Crippen MR) is 95.6 cm³/mol. The summed E-state index contributed by atoms with van der Waals surface area (Å²) < 4.78 is 0. The van der Waals surface area contributed by atoms with E-state index < -0.39 is 0 Å². The van der Waals surface area contributed by atoms with Crippen molar-refractivity contribution in [2.75, 3.05) is 0 Å². The molecular weight excluding hydrogens is 238 g/mol. The van der Waals surface area contributed by atoms with Crippen molar-refractivity contribution in [2.45, 2.75) is 115 Å². The molecule has 2 aliphatic rings. The van der Waals surface area contributed by atoms with Crippen LogP contribution in [0.2, 0.25) is 30.5 Å². The molecule has 0 aromatic rings. The maximum Gasteiger partial charge on any atom is 0.138 e. The summed E-state index contributed by atoms with van der Waals surface area (Å²) in [5.74, 6) is 0. The Hall–Kier alpha value is 0.130. The molecule has 2 aliphatic heterocycles. The first-order chi connectivity index (χ1) is 9.83. The van der Waals surface area contributed by atoms with Gasteiger partial charge in [0.25, 0.3) is 0 Å². The minimum atomic E-state index is 0.742. The second-order valence-electron chi connectivity index (χ2n) is 7.76. The van der Waals surface area contributed by atoms with Crippen molar-refractivity contribution in [3.05, 3.63) is 0 Å². The Morgan fingerprint density at radius 3 is 1.55 bits per heavy atom. The average molecular weight is 274 g/mol. The SMILES string of the molecule is CCCCC(CCC)(B1CCCCC1)B1CCCCC1. The molecule has 0 radical (unpaired) electrons. The van der Waals surface area contributed by atoms with E-state index in [1.54, 1.807) is 31.7 Å². The third kappa shape index (κ3) is 3.86. The van der Waals surface area contributed by atoms with Crippen molar-refractivity contribution in [1.82, 2.24) is 0 Å². The second kappa shape index (κ2) is 8.54. The molecule has 114 valence electrons. The van der Waals surface area contributed by atoms with Crippen LogP contribution in [-0.2, 0) is 0 Å². The molecule has 0 aromatic carbocycles. The van der Waals surface area contributed by atoms with E-state index in [1.165, 1.54) is 64.2 Å². The van der Waals surface area contributed by atoms with E-state index >= 15 is 0 Å². The third-order valence-electron chi connectivity index (χ3n) is 6.55. The van der Waals surface area contributed by atoms with Crippen molar-refractivity contribution in [2.24, 2.45) is 0 Å². The number of rotatable bonds is 7. The molecule has 0 N–H and O–H groups in total. The van der Waals surface area contributed by atoms with Crippen LogP contribution in [0.25, 0.3) is 0 Å². The van der Waals surface area contributed by atoms with Gasteiger partial charge in [-0.15, -0.1) is 0 Å². The maximum absolute atomic E-state index is 2.44. The minimum absolute atomic E-state index is 0.742. The lowest BCUT2D eigenvalue weighted by atomic mass is 9.08. The first-order valence-corrected chi connectivity index (χ1v) is 9.83. The largest absolute Gasteiger partial charge is 0.138 e. The zero-order valence-electron chi connectivity index (χ0n) is 14.3. The summed E-state index contributed by atoms with van der Waals surface area (Å²) in [5.41, 5.74) is 0. The average Bonchev–Trinajstić information content (AvgIpc) is 2.53. The molecule has 20 heavy (non-hydrogen) atoms. The Balaban J connectivity index is 2.16. The molecule has 0 nitrogen and oxygen atoms in total. The normalized spacial score (nSPS) is 21.3. The highest BCUT2D eigenvalue weighted by Crippen LogP contribution is 2.52. The molecule has 0 saturated carbocycles. The zero-order chi connectivity index (χ0) is 14.3. The standard InChI is InChI=1S/C18H36B2/c1-3-5-13-18(12-4-2,19-14-8-6-9-15-19)20-16-10-7-11-17-20/h3-17H2,1-2H3. The van der Waals surface area contributed by atoms with Gasteiger partial charge in [-0.1, -0.05) is 115 Å². The van der Waals surface area contributed by atoms with Crippen molar-refractivity contribution >= 4 is 13.4 Å². The van der Waals surface area contributed by atoms with Crippen LogP contribution < -0.4 is 0 Å². The van der Waals surface area contributed by atoms with Gasteiger partial charge in [0.1, 0.15) is 13.4 Å². The lowest BCUT2D eigenvalue weighted by Crippen LogP contribution is -2.46. The van der Waals surface area contributed by atoms with Crippen LogP contribution in [0, 0.1) is 0 Å². The van der Waals surface area contributed by atoms with Crippen molar-refractivity contribution in [3.8, 4) is 0 Å². The highest BCUT2D eigenvalue weighted by Gasteiger charge is 2.47. The zero-order valence-corrected chi connectivity index (χ0v) is 14.3. The minimum Gasteiger partial charge on any atom is -0.0743 e. The molecular formula is C18H36B2. The van der Waals surface area contributed by atoms with Gasteiger partial charge in [0.05, 0.1) is 0 Å². The van der Waals surface area contributed by atoms with Gasteiger partial charge < -0.3 is 0 Å². The first-order valence-electron chi connectivity index (χ1n) is 9.83. The summed E-state index contributed by atoms with van der Waals surface area (Å²) in [4.78, 5) is 0. The van der Waals surface area contributed by atoms with Crippen molar-refractivity contribution < 1.29 is 0 Å². The van der Waals surface area contributed by atoms with E-state index in [1.807, 2.05) is 0 Å². The van der Waals surface area contributed by atoms with Crippen LogP contribution >= 0.6 is 0 Å². The van der Waals surface area contributed by atoms with Gasteiger partial charge in [-0.3, -0.25) is 0 Å². The van der Waals surface area contributed by atoms with E-state index in [2.05, 4.69) is 13.8 Å². The van der Waals surface area contributed by atoms with E-state index in [-0.39, 0.29) is 0 Å². The summed E-state index contributed by atoms with van der Waals surface area (Å²) in [6.07, 6.45) is 22.7. The molecule has 0 amide bonds. The number of unbranched alkanes of at least 4 members (excludes halogenated alkanes) is 1. The molecule has 0 atom stereocenters. The molecule has 2 heteroatoms. The van der Waals surface area contributed by atoms with Crippen LogP contribution in [0.15, 0.2) is 0 Å². The summed E-state index contributed by atoms with van der Waals surface area (Å²) in [6.45, 7) is 6.97. The van der Waals surface area contributed by atoms with Crippen LogP contribution in [0.3, 0.4) is 0 Å². The van der Waals surface area contributed by atoms with Crippen LogP contribution in [0.1, 0.15) is 84.5 Å². The molecule has 2 saturated heterocycles. The quantitative estimate of drug-likeness (QED) is 0.458. The lowest BCUT2D eigenvalue weighted by Gasteiger charge is -2.47. The lowest BCUT2D eigenvalue weighted by molar-refractivity contribution is 0.524. The molecule has 0 aliphatic carbocycles. The van der Waals surface area contributed by atoms with Gasteiger partial charge in [-0.25, -0.2) is 0 Å². The van der Waals surface area contributed by atoms with E-state index in [4.69, 9.17) is 0 Å². The van der Waals surface area contributed by atoms with E-state index in [9.17, 15) is 0 Å². The van der Waals surface area contributed by atoms with Crippen LogP contribution in [-0.4, -0.2) is 13.4 Å². The number of hydrogen-bond donors (Lipinski definition) is 0. The second-order valence-corrected chi connectivity index (χ2v) is 7.76. The summed E-state index contributed by atoms with van der Waals surface area (Å²) >= 11 is 0. The Kier molecular flexibility index (Phi) is 7.05. The Bertz CT molecular complexity index is 234. The fourth-order valence-corrected chi connectivity index (χ4v) is 5.60. The summed E-state index contributed by atoms with van der Waals surface area (Å²) in [6, 6.07) is 0. The maximum atomic E-state index is 2.44. The fourth-order valence-electron chi connectivity index (χ4n) is 5.60. The monoisotopic (exact) mass is 274 g/mol. The van der Waals surface area contributed by atoms with Gasteiger partial charge >= 0.3 is 0 Å². The van der Waals surface area contributed by atoms with Crippen LogP contribution in [0.5, 0.6) is 0 Å². The Morgan fingerprint density at radius 2 is 1.15 bits per heavy atom. The van der Waals surface area contributed by atoms with Gasteiger partial charge in [-0.05, 0) is 0 Å². The van der Waals surface area contributed by atoms with Gasteiger partial charge in [0, 0.05) is 0 Å². The fraction of sp³-hybridized carbons (Fsp3) is 1.00. The highest BCUT2D eigenvalue weighted by molar-refractivity contribution is 6.83. The molecule has 0 aromatic heterocycles. The summed E-state index contributed by atoms with van der Waals surface area (Å²) in [7, 11) is 0.